The Labute approximate surface area is 111 Å². The fraction of sp³-hybridized carbons (Fsp3) is 0.214. The van der Waals surface area contributed by atoms with E-state index in [0.29, 0.717) is 5.75 Å². The van der Waals surface area contributed by atoms with Gasteiger partial charge in [0.15, 0.2) is 0 Å². The van der Waals surface area contributed by atoms with E-state index in [9.17, 15) is 5.11 Å². The van der Waals surface area contributed by atoms with Crippen molar-refractivity contribution in [1.82, 2.24) is 4.98 Å². The molecule has 1 N–H and O–H groups in total. The zero-order chi connectivity index (χ0) is 13.0. The molecule has 2 aromatic rings. The number of methoxy groups -OCH3 is 1. The monoisotopic (exact) mass is 261 g/mol. The van der Waals surface area contributed by atoms with Gasteiger partial charge < -0.3 is 9.84 Å². The van der Waals surface area contributed by atoms with Gasteiger partial charge in [-0.2, -0.15) is 0 Å². The lowest BCUT2D eigenvalue weighted by Crippen LogP contribution is -2.00. The lowest BCUT2D eigenvalue weighted by Gasteiger charge is -2.12. The van der Waals surface area contributed by atoms with Crippen LogP contribution in [-0.4, -0.2) is 23.5 Å². The largest absolute Gasteiger partial charge is 0.495 e. The summed E-state index contributed by atoms with van der Waals surface area (Å²) in [4.78, 5) is 5.22. The highest BCUT2D eigenvalue weighted by Gasteiger charge is 2.11. The molecule has 1 atom stereocenters. The Morgan fingerprint density at radius 1 is 1.17 bits per heavy atom. The molecule has 0 bridgehead atoms. The first-order chi connectivity index (χ1) is 8.74. The Kier molecular flexibility index (Phi) is 4.23. The van der Waals surface area contributed by atoms with Gasteiger partial charge >= 0.3 is 0 Å². The highest BCUT2D eigenvalue weighted by molar-refractivity contribution is 7.98. The topological polar surface area (TPSA) is 42.4 Å². The molecule has 0 aliphatic rings. The van der Waals surface area contributed by atoms with Gasteiger partial charge in [0.05, 0.1) is 13.3 Å². The van der Waals surface area contributed by atoms with Crippen molar-refractivity contribution in [1.29, 1.82) is 0 Å². The van der Waals surface area contributed by atoms with E-state index in [0.717, 1.165) is 11.1 Å². The van der Waals surface area contributed by atoms with Crippen molar-refractivity contribution in [3.63, 3.8) is 0 Å². The van der Waals surface area contributed by atoms with Crippen LogP contribution < -0.4 is 4.74 Å². The van der Waals surface area contributed by atoms with E-state index >= 15 is 0 Å². The maximum absolute atomic E-state index is 10.3. The molecular weight excluding hydrogens is 246 g/mol. The number of pyridine rings is 1. The number of aliphatic hydroxyl groups is 1. The smallest absolute Gasteiger partial charge is 0.137 e. The summed E-state index contributed by atoms with van der Waals surface area (Å²) in [6.07, 6.45) is 4.61. The van der Waals surface area contributed by atoms with Gasteiger partial charge in [0.1, 0.15) is 11.9 Å². The van der Waals surface area contributed by atoms with Crippen LogP contribution in [0.25, 0.3) is 0 Å². The Hall–Kier alpha value is -1.52. The van der Waals surface area contributed by atoms with Crippen molar-refractivity contribution < 1.29 is 9.84 Å². The van der Waals surface area contributed by atoms with Gasteiger partial charge in [-0.15, -0.1) is 11.8 Å². The molecule has 1 aromatic heterocycles. The summed E-state index contributed by atoms with van der Waals surface area (Å²) in [5, 5.41) is 10.3. The molecule has 0 saturated carbocycles. The second-order valence-electron chi connectivity index (χ2n) is 3.83. The molecule has 0 aliphatic heterocycles. The van der Waals surface area contributed by atoms with Gasteiger partial charge in [-0.25, -0.2) is 0 Å². The number of benzene rings is 1. The minimum Gasteiger partial charge on any atom is -0.495 e. The summed E-state index contributed by atoms with van der Waals surface area (Å²) in [5.41, 5.74) is 1.58. The lowest BCUT2D eigenvalue weighted by atomic mass is 10.0. The molecular formula is C14H15NO2S. The molecule has 1 heterocycles. The first kappa shape index (κ1) is 12.9. The second-order valence-corrected chi connectivity index (χ2v) is 4.71. The van der Waals surface area contributed by atoms with Crippen molar-refractivity contribution >= 4 is 11.8 Å². The fourth-order valence-corrected chi connectivity index (χ4v) is 2.08. The van der Waals surface area contributed by atoms with Gasteiger partial charge in [0.25, 0.3) is 0 Å². The van der Waals surface area contributed by atoms with Gasteiger partial charge in [0, 0.05) is 16.7 Å². The van der Waals surface area contributed by atoms with Gasteiger partial charge in [-0.05, 0) is 30.0 Å². The lowest BCUT2D eigenvalue weighted by molar-refractivity contribution is 0.219. The van der Waals surface area contributed by atoms with Crippen molar-refractivity contribution in [2.75, 3.05) is 13.4 Å². The van der Waals surface area contributed by atoms with Crippen molar-refractivity contribution in [3.8, 4) is 5.75 Å². The summed E-state index contributed by atoms with van der Waals surface area (Å²) in [6.45, 7) is 0. The number of hydrogen-bond acceptors (Lipinski definition) is 4. The molecule has 1 unspecified atom stereocenters. The Balaban J connectivity index is 2.25. The Morgan fingerprint density at radius 2 is 1.89 bits per heavy atom. The Bertz CT molecular complexity index is 513. The van der Waals surface area contributed by atoms with Gasteiger partial charge in [-0.1, -0.05) is 12.1 Å². The molecule has 0 radical (unpaired) electrons. The standard InChI is InChI=1S/C14H15NO2S/c1-17-12-7-11(8-15-9-12)14(16)10-3-5-13(18-2)6-4-10/h3-9,14,16H,1-2H3. The van der Waals surface area contributed by atoms with Crippen molar-refractivity contribution in [2.45, 2.75) is 11.0 Å². The van der Waals surface area contributed by atoms with Crippen molar-refractivity contribution in [2.24, 2.45) is 0 Å². The molecule has 1 aromatic carbocycles. The quantitative estimate of drug-likeness (QED) is 0.859. The maximum atomic E-state index is 10.3. The highest BCUT2D eigenvalue weighted by Crippen LogP contribution is 2.25. The number of ether oxygens (including phenoxy) is 1. The molecule has 0 spiro atoms. The molecule has 0 saturated heterocycles. The molecule has 0 aliphatic carbocycles. The van der Waals surface area contributed by atoms with E-state index in [4.69, 9.17) is 4.74 Å². The summed E-state index contributed by atoms with van der Waals surface area (Å²) < 4.78 is 5.10. The van der Waals surface area contributed by atoms with Crippen molar-refractivity contribution in [3.05, 3.63) is 53.9 Å². The van der Waals surface area contributed by atoms with Crippen LogP contribution in [0.1, 0.15) is 17.2 Å². The zero-order valence-electron chi connectivity index (χ0n) is 10.3. The van der Waals surface area contributed by atoms with Crippen LogP contribution in [0, 0.1) is 0 Å². The first-order valence-corrected chi connectivity index (χ1v) is 6.78. The molecule has 0 amide bonds. The van der Waals surface area contributed by atoms with E-state index in [1.54, 1.807) is 37.3 Å². The van der Waals surface area contributed by atoms with Crippen LogP contribution in [-0.2, 0) is 0 Å². The average Bonchev–Trinajstić information content (AvgIpc) is 2.46. The van der Waals surface area contributed by atoms with E-state index in [1.165, 1.54) is 4.90 Å². The van der Waals surface area contributed by atoms with E-state index in [1.807, 2.05) is 30.5 Å². The molecule has 3 nitrogen and oxygen atoms in total. The van der Waals surface area contributed by atoms with Gasteiger partial charge in [-0.3, -0.25) is 4.98 Å². The van der Waals surface area contributed by atoms with Crippen LogP contribution in [0.2, 0.25) is 0 Å². The third-order valence-corrected chi connectivity index (χ3v) is 3.46. The zero-order valence-corrected chi connectivity index (χ0v) is 11.1. The second kappa shape index (κ2) is 5.89. The summed E-state index contributed by atoms with van der Waals surface area (Å²) in [5.74, 6) is 0.646. The third-order valence-electron chi connectivity index (χ3n) is 2.72. The summed E-state index contributed by atoms with van der Waals surface area (Å²) in [7, 11) is 1.58. The molecule has 0 fully saturated rings. The summed E-state index contributed by atoms with van der Waals surface area (Å²) in [6, 6.07) is 9.64. The minimum atomic E-state index is -0.677. The third kappa shape index (κ3) is 2.83. The highest BCUT2D eigenvalue weighted by atomic mass is 32.2. The van der Waals surface area contributed by atoms with Crippen LogP contribution in [0.15, 0.2) is 47.6 Å². The van der Waals surface area contributed by atoms with Crippen LogP contribution in [0.3, 0.4) is 0 Å². The molecule has 4 heteroatoms. The summed E-state index contributed by atoms with van der Waals surface area (Å²) >= 11 is 1.68. The van der Waals surface area contributed by atoms with Crippen LogP contribution >= 0.6 is 11.8 Å². The number of aromatic nitrogens is 1. The van der Waals surface area contributed by atoms with E-state index in [2.05, 4.69) is 4.98 Å². The maximum Gasteiger partial charge on any atom is 0.137 e. The number of hydrogen-bond donors (Lipinski definition) is 1. The first-order valence-electron chi connectivity index (χ1n) is 5.55. The van der Waals surface area contributed by atoms with Gasteiger partial charge in [0.2, 0.25) is 0 Å². The predicted octanol–water partition coefficient (Wildman–Crippen LogP) is 2.89. The van der Waals surface area contributed by atoms with E-state index < -0.39 is 6.10 Å². The van der Waals surface area contributed by atoms with Crippen LogP contribution in [0.4, 0.5) is 0 Å². The molecule has 94 valence electrons. The van der Waals surface area contributed by atoms with E-state index in [-0.39, 0.29) is 0 Å². The molecule has 18 heavy (non-hydrogen) atoms. The number of rotatable bonds is 4. The van der Waals surface area contributed by atoms with Crippen LogP contribution in [0.5, 0.6) is 5.75 Å². The Morgan fingerprint density at radius 3 is 2.50 bits per heavy atom. The normalized spacial score (nSPS) is 12.2. The average molecular weight is 261 g/mol. The predicted molar refractivity (Wildman–Crippen MR) is 73.1 cm³/mol. The molecule has 2 rings (SSSR count). The SMILES string of the molecule is COc1cncc(C(O)c2ccc(SC)cc2)c1. The number of aliphatic hydroxyl groups excluding tert-OH is 1. The number of thioether (sulfide) groups is 1. The fourth-order valence-electron chi connectivity index (χ4n) is 1.68. The minimum absolute atomic E-state index is 0.646. The number of nitrogens with zero attached hydrogens (tertiary/aromatic N) is 1.